The molecule has 0 atom stereocenters. The summed E-state index contributed by atoms with van der Waals surface area (Å²) in [7, 11) is 0. The van der Waals surface area contributed by atoms with E-state index in [4.69, 9.17) is 28.9 Å². The molecule has 0 unspecified atom stereocenters. The van der Waals surface area contributed by atoms with Crippen LogP contribution in [0.15, 0.2) is 24.3 Å². The van der Waals surface area contributed by atoms with Crippen molar-refractivity contribution in [2.24, 2.45) is 0 Å². The third kappa shape index (κ3) is 3.22. The maximum absolute atomic E-state index is 13.2. The molecule has 0 aliphatic rings. The summed E-state index contributed by atoms with van der Waals surface area (Å²) in [6, 6.07) is 3.59. The Hall–Kier alpha value is -1.92. The zero-order valence-electron chi connectivity index (χ0n) is 10.2. The number of nitrogens with one attached hydrogen (secondary N) is 1. The molecule has 0 saturated carbocycles. The summed E-state index contributed by atoms with van der Waals surface area (Å²) in [4.78, 5) is 11.9. The van der Waals surface area contributed by atoms with E-state index in [1.54, 1.807) is 0 Å². The van der Waals surface area contributed by atoms with Gasteiger partial charge in [-0.15, -0.1) is 0 Å². The van der Waals surface area contributed by atoms with Crippen molar-refractivity contribution in [3.8, 4) is 0 Å². The van der Waals surface area contributed by atoms with Crippen molar-refractivity contribution in [2.75, 3.05) is 11.1 Å². The van der Waals surface area contributed by atoms with Crippen LogP contribution in [0, 0.1) is 17.5 Å². The Kier molecular flexibility index (Phi) is 4.29. The van der Waals surface area contributed by atoms with E-state index in [0.717, 1.165) is 12.1 Å². The van der Waals surface area contributed by atoms with Crippen LogP contribution in [0.4, 0.5) is 24.5 Å². The molecule has 2 aromatic rings. The van der Waals surface area contributed by atoms with Gasteiger partial charge in [0, 0.05) is 17.4 Å². The highest BCUT2D eigenvalue weighted by Crippen LogP contribution is 2.28. The summed E-state index contributed by atoms with van der Waals surface area (Å²) < 4.78 is 39.3. The molecule has 0 spiro atoms. The van der Waals surface area contributed by atoms with Gasteiger partial charge in [0.05, 0.1) is 15.6 Å². The number of carbonyl (C=O) groups excluding carboxylic acids is 1. The highest BCUT2D eigenvalue weighted by atomic mass is 35.5. The molecule has 0 fully saturated rings. The topological polar surface area (TPSA) is 55.1 Å². The fourth-order valence-electron chi connectivity index (χ4n) is 1.58. The highest BCUT2D eigenvalue weighted by molar-refractivity contribution is 6.35. The second-order valence-corrected chi connectivity index (χ2v) is 4.88. The predicted octanol–water partition coefficient (Wildman–Crippen LogP) is 4.25. The third-order valence-corrected chi connectivity index (χ3v) is 3.13. The SMILES string of the molecule is Nc1cc(F)c(F)cc1C(=O)Nc1cc(Cl)c(F)c(Cl)c1. The van der Waals surface area contributed by atoms with E-state index in [-0.39, 0.29) is 27.0 Å². The summed E-state index contributed by atoms with van der Waals surface area (Å²) in [5.41, 5.74) is 5.02. The first kappa shape index (κ1) is 15.5. The van der Waals surface area contributed by atoms with Crippen molar-refractivity contribution in [2.45, 2.75) is 0 Å². The normalized spacial score (nSPS) is 10.5. The van der Waals surface area contributed by atoms with Crippen LogP contribution < -0.4 is 11.1 Å². The van der Waals surface area contributed by atoms with Crippen molar-refractivity contribution < 1.29 is 18.0 Å². The summed E-state index contributed by atoms with van der Waals surface area (Å²) in [5.74, 6) is -4.03. The average molecular weight is 335 g/mol. The van der Waals surface area contributed by atoms with Crippen molar-refractivity contribution in [3.05, 3.63) is 57.3 Å². The van der Waals surface area contributed by atoms with Gasteiger partial charge in [-0.1, -0.05) is 23.2 Å². The Morgan fingerprint density at radius 1 is 1.00 bits per heavy atom. The number of amides is 1. The Labute approximate surface area is 127 Å². The molecule has 3 nitrogen and oxygen atoms in total. The molecular weight excluding hydrogens is 328 g/mol. The van der Waals surface area contributed by atoms with Gasteiger partial charge in [0.25, 0.3) is 5.91 Å². The smallest absolute Gasteiger partial charge is 0.257 e. The van der Waals surface area contributed by atoms with Crippen LogP contribution in [0.1, 0.15) is 10.4 Å². The number of nitrogens with two attached hydrogens (primary N) is 1. The van der Waals surface area contributed by atoms with Gasteiger partial charge in [-0.25, -0.2) is 13.2 Å². The monoisotopic (exact) mass is 334 g/mol. The molecule has 2 rings (SSSR count). The lowest BCUT2D eigenvalue weighted by atomic mass is 10.1. The van der Waals surface area contributed by atoms with E-state index in [2.05, 4.69) is 5.32 Å². The Morgan fingerprint density at radius 2 is 1.52 bits per heavy atom. The molecule has 0 aromatic heterocycles. The largest absolute Gasteiger partial charge is 0.398 e. The van der Waals surface area contributed by atoms with Crippen LogP contribution in [0.5, 0.6) is 0 Å². The zero-order valence-corrected chi connectivity index (χ0v) is 11.7. The Bertz CT molecular complexity index is 715. The van der Waals surface area contributed by atoms with Crippen LogP contribution in [0.2, 0.25) is 10.0 Å². The van der Waals surface area contributed by atoms with E-state index in [9.17, 15) is 18.0 Å². The van der Waals surface area contributed by atoms with Crippen LogP contribution in [-0.4, -0.2) is 5.91 Å². The van der Waals surface area contributed by atoms with E-state index < -0.39 is 23.4 Å². The number of halogens is 5. The Morgan fingerprint density at radius 3 is 2.10 bits per heavy atom. The minimum atomic E-state index is -1.22. The van der Waals surface area contributed by atoms with Gasteiger partial charge in [0.15, 0.2) is 17.5 Å². The maximum atomic E-state index is 13.2. The van der Waals surface area contributed by atoms with Gasteiger partial charge >= 0.3 is 0 Å². The number of anilines is 2. The molecule has 0 saturated heterocycles. The molecular formula is C13H7Cl2F3N2O. The second kappa shape index (κ2) is 5.83. The zero-order chi connectivity index (χ0) is 15.7. The summed E-state index contributed by atoms with van der Waals surface area (Å²) in [6.07, 6.45) is 0. The lowest BCUT2D eigenvalue weighted by Gasteiger charge is -2.09. The molecule has 0 aliphatic heterocycles. The molecule has 1 amide bonds. The average Bonchev–Trinajstić information content (AvgIpc) is 2.40. The van der Waals surface area contributed by atoms with Gasteiger partial charge in [-0.2, -0.15) is 0 Å². The third-order valence-electron chi connectivity index (χ3n) is 2.58. The van der Waals surface area contributed by atoms with Gasteiger partial charge in [-0.3, -0.25) is 4.79 Å². The van der Waals surface area contributed by atoms with Crippen molar-refractivity contribution >= 4 is 40.5 Å². The first-order valence-electron chi connectivity index (χ1n) is 5.50. The first-order valence-corrected chi connectivity index (χ1v) is 6.25. The van der Waals surface area contributed by atoms with Gasteiger partial charge < -0.3 is 11.1 Å². The number of benzene rings is 2. The quantitative estimate of drug-likeness (QED) is 0.637. The van der Waals surface area contributed by atoms with Crippen molar-refractivity contribution in [1.82, 2.24) is 0 Å². The number of hydrogen-bond donors (Lipinski definition) is 2. The van der Waals surface area contributed by atoms with E-state index in [1.807, 2.05) is 0 Å². The number of nitrogen functional groups attached to an aromatic ring is 1. The minimum absolute atomic E-state index is 0.0838. The molecule has 2 aromatic carbocycles. The number of rotatable bonds is 2. The fourth-order valence-corrected chi connectivity index (χ4v) is 2.07. The minimum Gasteiger partial charge on any atom is -0.398 e. The predicted molar refractivity (Wildman–Crippen MR) is 75.1 cm³/mol. The standard InChI is InChI=1S/C13H7Cl2F3N2O/c14-7-1-5(2-8(15)12(7)18)20-13(21)6-3-9(16)10(17)4-11(6)19/h1-4H,19H2,(H,20,21). The Balaban J connectivity index is 2.32. The first-order chi connectivity index (χ1) is 9.79. The molecule has 0 bridgehead atoms. The van der Waals surface area contributed by atoms with Crippen molar-refractivity contribution in [1.29, 1.82) is 0 Å². The lowest BCUT2D eigenvalue weighted by molar-refractivity contribution is 0.102. The highest BCUT2D eigenvalue weighted by Gasteiger charge is 2.16. The number of hydrogen-bond acceptors (Lipinski definition) is 2. The van der Waals surface area contributed by atoms with E-state index >= 15 is 0 Å². The van der Waals surface area contributed by atoms with E-state index in [0.29, 0.717) is 12.1 Å². The van der Waals surface area contributed by atoms with Gasteiger partial charge in [-0.05, 0) is 18.2 Å². The molecule has 0 heterocycles. The lowest BCUT2D eigenvalue weighted by Crippen LogP contribution is -2.15. The van der Waals surface area contributed by atoms with Gasteiger partial charge in [0.2, 0.25) is 0 Å². The van der Waals surface area contributed by atoms with Crippen LogP contribution in [0.3, 0.4) is 0 Å². The van der Waals surface area contributed by atoms with Crippen LogP contribution in [0.25, 0.3) is 0 Å². The molecule has 110 valence electrons. The fraction of sp³-hybridized carbons (Fsp3) is 0. The number of carbonyl (C=O) groups is 1. The molecule has 21 heavy (non-hydrogen) atoms. The summed E-state index contributed by atoms with van der Waals surface area (Å²) >= 11 is 11.2. The van der Waals surface area contributed by atoms with Crippen molar-refractivity contribution in [3.63, 3.8) is 0 Å². The van der Waals surface area contributed by atoms with E-state index in [1.165, 1.54) is 0 Å². The van der Waals surface area contributed by atoms with Gasteiger partial charge in [0.1, 0.15) is 0 Å². The maximum Gasteiger partial charge on any atom is 0.257 e. The summed E-state index contributed by atoms with van der Waals surface area (Å²) in [6.45, 7) is 0. The summed E-state index contributed by atoms with van der Waals surface area (Å²) in [5, 5.41) is 1.72. The second-order valence-electron chi connectivity index (χ2n) is 4.06. The van der Waals surface area contributed by atoms with Crippen LogP contribution >= 0.6 is 23.2 Å². The molecule has 8 heteroatoms. The molecule has 3 N–H and O–H groups in total. The molecule has 0 aliphatic carbocycles. The molecule has 0 radical (unpaired) electrons. The van der Waals surface area contributed by atoms with Crippen LogP contribution in [-0.2, 0) is 0 Å².